The average molecular weight is 194 g/mol. The molecule has 5 nitrogen and oxygen atoms in total. The molecule has 0 unspecified atom stereocenters. The molecule has 1 aliphatic heterocycles. The lowest BCUT2D eigenvalue weighted by Gasteiger charge is -2.24. The molecule has 0 aliphatic carbocycles. The molecular formula is C9H14N4O. The van der Waals surface area contributed by atoms with Crippen LogP contribution >= 0.6 is 0 Å². The van der Waals surface area contributed by atoms with E-state index in [1.165, 1.54) is 0 Å². The lowest BCUT2D eigenvalue weighted by molar-refractivity contribution is 0.0769. The van der Waals surface area contributed by atoms with Crippen LogP contribution in [0.25, 0.3) is 0 Å². The molecule has 0 amide bonds. The van der Waals surface area contributed by atoms with E-state index in [2.05, 4.69) is 10.3 Å². The van der Waals surface area contributed by atoms with Crippen LogP contribution in [0.5, 0.6) is 0 Å². The fraction of sp³-hybridized carbons (Fsp3) is 0.444. The first-order valence-corrected chi connectivity index (χ1v) is 4.60. The van der Waals surface area contributed by atoms with Crippen LogP contribution in [0.2, 0.25) is 0 Å². The first-order chi connectivity index (χ1) is 6.75. The Morgan fingerprint density at radius 3 is 2.64 bits per heavy atom. The summed E-state index contributed by atoms with van der Waals surface area (Å²) in [4.78, 5) is 3.92. The first-order valence-electron chi connectivity index (χ1n) is 4.60. The molecule has 5 N–H and O–H groups in total. The molecule has 2 heterocycles. The molecule has 0 spiro atoms. The van der Waals surface area contributed by atoms with Gasteiger partial charge in [-0.3, -0.25) is 0 Å². The third-order valence-corrected chi connectivity index (χ3v) is 2.21. The Hall–Kier alpha value is -1.33. The van der Waals surface area contributed by atoms with Crippen LogP contribution in [0.3, 0.4) is 0 Å². The highest BCUT2D eigenvalue weighted by Gasteiger charge is 2.15. The Bertz CT molecular complexity index is 302. The number of morpholine rings is 1. The number of ether oxygens (including phenoxy) is 1. The molecule has 5 heteroatoms. The summed E-state index contributed by atoms with van der Waals surface area (Å²) in [6.45, 7) is 2.27. The average Bonchev–Trinajstić information content (AvgIpc) is 2.18. The van der Waals surface area contributed by atoms with Gasteiger partial charge in [0.15, 0.2) is 0 Å². The fourth-order valence-electron chi connectivity index (χ4n) is 1.58. The van der Waals surface area contributed by atoms with Gasteiger partial charge < -0.3 is 21.5 Å². The van der Waals surface area contributed by atoms with Gasteiger partial charge in [-0.15, -0.1) is 0 Å². The van der Waals surface area contributed by atoms with Crippen molar-refractivity contribution in [2.75, 3.05) is 31.2 Å². The summed E-state index contributed by atoms with van der Waals surface area (Å²) in [5.41, 5.74) is 12.2. The summed E-state index contributed by atoms with van der Waals surface area (Å²) in [6, 6.07) is 3.82. The van der Waals surface area contributed by atoms with E-state index in [0.29, 0.717) is 18.2 Å². The molecule has 76 valence electrons. The third kappa shape index (κ3) is 1.94. The van der Waals surface area contributed by atoms with Crippen LogP contribution < -0.4 is 16.8 Å². The number of nitrogens with one attached hydrogen (secondary N) is 1. The van der Waals surface area contributed by atoms with E-state index in [4.69, 9.17) is 16.2 Å². The van der Waals surface area contributed by atoms with E-state index >= 15 is 0 Å². The van der Waals surface area contributed by atoms with Gasteiger partial charge in [0, 0.05) is 6.54 Å². The SMILES string of the molecule is Nc1cc([C@@H]2COCCN2)cc(N)n1. The van der Waals surface area contributed by atoms with E-state index in [0.717, 1.165) is 18.7 Å². The Kier molecular flexibility index (Phi) is 2.51. The molecule has 1 aromatic rings. The molecule has 0 bridgehead atoms. The van der Waals surface area contributed by atoms with Crippen molar-refractivity contribution in [3.05, 3.63) is 17.7 Å². The van der Waals surface area contributed by atoms with Crippen LogP contribution in [0.4, 0.5) is 11.6 Å². The van der Waals surface area contributed by atoms with Gasteiger partial charge in [0.25, 0.3) is 0 Å². The number of aromatic nitrogens is 1. The normalized spacial score (nSPS) is 22.1. The van der Waals surface area contributed by atoms with Crippen LogP contribution in [-0.2, 0) is 4.74 Å². The van der Waals surface area contributed by atoms with E-state index in [1.807, 2.05) is 12.1 Å². The van der Waals surface area contributed by atoms with Crippen molar-refractivity contribution < 1.29 is 4.74 Å². The quantitative estimate of drug-likeness (QED) is 0.581. The highest BCUT2D eigenvalue weighted by Crippen LogP contribution is 2.19. The maximum atomic E-state index is 5.61. The van der Waals surface area contributed by atoms with Gasteiger partial charge in [-0.25, -0.2) is 4.98 Å². The number of rotatable bonds is 1. The molecule has 1 atom stereocenters. The van der Waals surface area contributed by atoms with Crippen LogP contribution in [0.1, 0.15) is 11.6 Å². The van der Waals surface area contributed by atoms with Crippen molar-refractivity contribution in [1.29, 1.82) is 0 Å². The highest BCUT2D eigenvalue weighted by atomic mass is 16.5. The summed E-state index contributed by atoms with van der Waals surface area (Å²) >= 11 is 0. The topological polar surface area (TPSA) is 86.2 Å². The summed E-state index contributed by atoms with van der Waals surface area (Å²) in [7, 11) is 0. The standard InChI is InChI=1S/C9H14N4O/c10-8-3-6(4-9(11)13-8)7-5-14-2-1-12-7/h3-4,7,12H,1-2,5H2,(H4,10,11,13)/t7-/m0/s1. The molecule has 2 rings (SSSR count). The van der Waals surface area contributed by atoms with Gasteiger partial charge >= 0.3 is 0 Å². The zero-order valence-electron chi connectivity index (χ0n) is 7.86. The minimum absolute atomic E-state index is 0.177. The predicted molar refractivity (Wildman–Crippen MR) is 54.6 cm³/mol. The number of hydrogen-bond donors (Lipinski definition) is 3. The minimum atomic E-state index is 0.177. The van der Waals surface area contributed by atoms with E-state index in [-0.39, 0.29) is 6.04 Å². The van der Waals surface area contributed by atoms with Gasteiger partial charge in [0.2, 0.25) is 0 Å². The molecule has 0 saturated carbocycles. The second-order valence-electron chi connectivity index (χ2n) is 3.33. The maximum absolute atomic E-state index is 5.61. The zero-order valence-corrected chi connectivity index (χ0v) is 7.86. The molecule has 0 radical (unpaired) electrons. The molecule has 14 heavy (non-hydrogen) atoms. The Balaban J connectivity index is 2.21. The molecule has 0 aromatic carbocycles. The van der Waals surface area contributed by atoms with Crippen molar-refractivity contribution in [2.24, 2.45) is 0 Å². The van der Waals surface area contributed by atoms with Crippen LogP contribution in [0, 0.1) is 0 Å². The smallest absolute Gasteiger partial charge is 0.126 e. The summed E-state index contributed by atoms with van der Waals surface area (Å²) in [5, 5.41) is 3.33. The van der Waals surface area contributed by atoms with Gasteiger partial charge in [0.05, 0.1) is 19.3 Å². The van der Waals surface area contributed by atoms with Gasteiger partial charge in [-0.2, -0.15) is 0 Å². The molecule has 1 fully saturated rings. The van der Waals surface area contributed by atoms with E-state index in [1.54, 1.807) is 0 Å². The Morgan fingerprint density at radius 1 is 1.36 bits per heavy atom. The number of nitrogens with two attached hydrogens (primary N) is 2. The van der Waals surface area contributed by atoms with Crippen LogP contribution in [0.15, 0.2) is 12.1 Å². The van der Waals surface area contributed by atoms with Gasteiger partial charge in [0.1, 0.15) is 11.6 Å². The summed E-state index contributed by atoms with van der Waals surface area (Å²) in [5.74, 6) is 0.903. The number of nitrogen functional groups attached to an aromatic ring is 2. The monoisotopic (exact) mass is 194 g/mol. The van der Waals surface area contributed by atoms with E-state index in [9.17, 15) is 0 Å². The molecular weight excluding hydrogens is 180 g/mol. The number of pyridine rings is 1. The van der Waals surface area contributed by atoms with Gasteiger partial charge in [-0.1, -0.05) is 0 Å². The molecule has 1 aliphatic rings. The second-order valence-corrected chi connectivity index (χ2v) is 3.33. The lowest BCUT2D eigenvalue weighted by Crippen LogP contribution is -2.34. The minimum Gasteiger partial charge on any atom is -0.384 e. The second kappa shape index (κ2) is 3.81. The number of anilines is 2. The van der Waals surface area contributed by atoms with Crippen molar-refractivity contribution in [3.8, 4) is 0 Å². The number of hydrogen-bond acceptors (Lipinski definition) is 5. The van der Waals surface area contributed by atoms with Crippen molar-refractivity contribution in [3.63, 3.8) is 0 Å². The van der Waals surface area contributed by atoms with Crippen LogP contribution in [-0.4, -0.2) is 24.7 Å². The Morgan fingerprint density at radius 2 is 2.07 bits per heavy atom. The van der Waals surface area contributed by atoms with Crippen molar-refractivity contribution in [2.45, 2.75) is 6.04 Å². The maximum Gasteiger partial charge on any atom is 0.126 e. The first kappa shape index (κ1) is 9.23. The highest BCUT2D eigenvalue weighted by molar-refractivity contribution is 5.44. The summed E-state index contributed by atoms with van der Waals surface area (Å²) in [6.07, 6.45) is 0. The van der Waals surface area contributed by atoms with Crippen molar-refractivity contribution >= 4 is 11.6 Å². The fourth-order valence-corrected chi connectivity index (χ4v) is 1.58. The molecule has 1 aromatic heterocycles. The molecule has 1 saturated heterocycles. The largest absolute Gasteiger partial charge is 0.384 e. The van der Waals surface area contributed by atoms with Crippen molar-refractivity contribution in [1.82, 2.24) is 10.3 Å². The summed E-state index contributed by atoms with van der Waals surface area (Å²) < 4.78 is 5.35. The third-order valence-electron chi connectivity index (χ3n) is 2.21. The predicted octanol–water partition coefficient (Wildman–Crippen LogP) is -0.0931. The number of nitrogens with zero attached hydrogens (tertiary/aromatic N) is 1. The zero-order chi connectivity index (χ0) is 9.97. The lowest BCUT2D eigenvalue weighted by atomic mass is 10.1. The van der Waals surface area contributed by atoms with Gasteiger partial charge in [-0.05, 0) is 17.7 Å². The Labute approximate surface area is 82.4 Å². The van der Waals surface area contributed by atoms with E-state index < -0.39 is 0 Å².